The fraction of sp³-hybridized carbons (Fsp3) is 0.421. The van der Waals surface area contributed by atoms with Gasteiger partial charge >= 0.3 is 0 Å². The number of hydrogen-bond donors (Lipinski definition) is 2. The molecular formula is C19H22N4O2. The number of rotatable bonds is 3. The fourth-order valence-electron chi connectivity index (χ4n) is 4.26. The van der Waals surface area contributed by atoms with Crippen LogP contribution in [0.1, 0.15) is 42.5 Å². The Morgan fingerprint density at radius 1 is 1.16 bits per heavy atom. The summed E-state index contributed by atoms with van der Waals surface area (Å²) in [5.41, 5.74) is 1.28. The second kappa shape index (κ2) is 6.70. The Balaban J connectivity index is 1.61. The Kier molecular flexibility index (Phi) is 4.26. The summed E-state index contributed by atoms with van der Waals surface area (Å²) in [6, 6.07) is 9.02. The molecule has 1 aromatic heterocycles. The molecule has 6 nitrogen and oxygen atoms in total. The van der Waals surface area contributed by atoms with E-state index in [0.29, 0.717) is 17.2 Å². The van der Waals surface area contributed by atoms with E-state index in [4.69, 9.17) is 0 Å². The van der Waals surface area contributed by atoms with Gasteiger partial charge in [-0.2, -0.15) is 5.10 Å². The van der Waals surface area contributed by atoms with E-state index < -0.39 is 6.04 Å². The van der Waals surface area contributed by atoms with Crippen LogP contribution in [0.3, 0.4) is 0 Å². The molecule has 25 heavy (non-hydrogen) atoms. The maximum Gasteiger partial charge on any atom is 0.254 e. The predicted octanol–water partition coefficient (Wildman–Crippen LogP) is 2.82. The lowest BCUT2D eigenvalue weighted by Crippen LogP contribution is -2.47. The molecule has 0 bridgehead atoms. The molecule has 2 fully saturated rings. The van der Waals surface area contributed by atoms with Gasteiger partial charge in [0.1, 0.15) is 6.04 Å². The molecule has 3 atom stereocenters. The zero-order chi connectivity index (χ0) is 17.2. The maximum atomic E-state index is 13.1. The first-order valence-corrected chi connectivity index (χ1v) is 8.91. The van der Waals surface area contributed by atoms with Crippen molar-refractivity contribution in [3.8, 4) is 0 Å². The van der Waals surface area contributed by atoms with Crippen molar-refractivity contribution in [2.45, 2.75) is 44.2 Å². The molecule has 2 aliphatic rings. The van der Waals surface area contributed by atoms with Crippen molar-refractivity contribution in [1.29, 1.82) is 0 Å². The van der Waals surface area contributed by atoms with Crippen molar-refractivity contribution in [2.24, 2.45) is 5.92 Å². The average Bonchev–Trinajstić information content (AvgIpc) is 3.29. The summed E-state index contributed by atoms with van der Waals surface area (Å²) in [7, 11) is 0. The van der Waals surface area contributed by atoms with Gasteiger partial charge in [0, 0.05) is 17.8 Å². The van der Waals surface area contributed by atoms with E-state index in [1.54, 1.807) is 12.4 Å². The molecule has 1 aliphatic heterocycles. The molecule has 0 spiro atoms. The van der Waals surface area contributed by atoms with Crippen LogP contribution in [-0.4, -0.2) is 39.0 Å². The first-order chi connectivity index (χ1) is 12.2. The summed E-state index contributed by atoms with van der Waals surface area (Å²) < 4.78 is 0. The van der Waals surface area contributed by atoms with Gasteiger partial charge in [-0.1, -0.05) is 31.0 Å². The van der Waals surface area contributed by atoms with Crippen LogP contribution in [0.5, 0.6) is 0 Å². The first-order valence-electron chi connectivity index (χ1n) is 8.91. The second-order valence-electron chi connectivity index (χ2n) is 6.92. The van der Waals surface area contributed by atoms with Crippen LogP contribution in [0.4, 0.5) is 5.69 Å². The molecule has 2 heterocycles. The molecule has 2 aromatic rings. The van der Waals surface area contributed by atoms with Crippen molar-refractivity contribution in [3.63, 3.8) is 0 Å². The zero-order valence-electron chi connectivity index (χ0n) is 14.0. The largest absolute Gasteiger partial charge is 0.323 e. The van der Waals surface area contributed by atoms with Gasteiger partial charge in [0.25, 0.3) is 5.91 Å². The van der Waals surface area contributed by atoms with E-state index in [9.17, 15) is 9.59 Å². The highest BCUT2D eigenvalue weighted by Crippen LogP contribution is 2.40. The number of carbonyl (C=O) groups excluding carboxylic acids is 2. The van der Waals surface area contributed by atoms with E-state index in [1.165, 1.54) is 6.42 Å². The topological polar surface area (TPSA) is 78.1 Å². The van der Waals surface area contributed by atoms with Gasteiger partial charge in [-0.3, -0.25) is 14.7 Å². The van der Waals surface area contributed by atoms with Crippen molar-refractivity contribution >= 4 is 17.5 Å². The van der Waals surface area contributed by atoms with Crippen molar-refractivity contribution in [2.75, 3.05) is 5.32 Å². The molecule has 1 saturated heterocycles. The standard InChI is InChI=1S/C19H22N4O2/c24-18(22-15-11-20-21-12-15)17-10-14-8-4-5-9-16(14)23(17)19(25)13-6-2-1-3-7-13/h1-3,6-7,11-12,14,16-17H,4-5,8-10H2,(H,20,21)(H,22,24)/t14-,16-,17-/m0/s1. The lowest BCUT2D eigenvalue weighted by molar-refractivity contribution is -0.120. The van der Waals surface area contributed by atoms with E-state index in [-0.39, 0.29) is 17.9 Å². The quantitative estimate of drug-likeness (QED) is 0.903. The molecular weight excluding hydrogens is 316 g/mol. The van der Waals surface area contributed by atoms with Gasteiger partial charge in [-0.05, 0) is 37.3 Å². The van der Waals surface area contributed by atoms with Crippen molar-refractivity contribution in [1.82, 2.24) is 15.1 Å². The highest BCUT2D eigenvalue weighted by molar-refractivity contribution is 6.01. The normalized spacial score (nSPS) is 25.4. The minimum Gasteiger partial charge on any atom is -0.323 e. The molecule has 0 radical (unpaired) electrons. The Morgan fingerprint density at radius 3 is 2.72 bits per heavy atom. The summed E-state index contributed by atoms with van der Waals surface area (Å²) in [6.07, 6.45) is 8.34. The van der Waals surface area contributed by atoms with E-state index in [1.807, 2.05) is 35.2 Å². The number of carbonyl (C=O) groups is 2. The lowest BCUT2D eigenvalue weighted by atomic mass is 9.84. The number of aromatic nitrogens is 2. The Bertz CT molecular complexity index is 744. The molecule has 2 amide bonds. The number of likely N-dealkylation sites (tertiary alicyclic amines) is 1. The number of fused-ring (bicyclic) bond motifs is 1. The van der Waals surface area contributed by atoms with Crippen LogP contribution < -0.4 is 5.32 Å². The molecule has 1 aliphatic carbocycles. The van der Waals surface area contributed by atoms with Crippen LogP contribution in [0.25, 0.3) is 0 Å². The van der Waals surface area contributed by atoms with Crippen molar-refractivity contribution < 1.29 is 9.59 Å². The number of anilines is 1. The van der Waals surface area contributed by atoms with Crippen molar-refractivity contribution in [3.05, 3.63) is 48.3 Å². The number of nitrogens with one attached hydrogen (secondary N) is 2. The lowest BCUT2D eigenvalue weighted by Gasteiger charge is -2.33. The summed E-state index contributed by atoms with van der Waals surface area (Å²) in [6.45, 7) is 0. The molecule has 130 valence electrons. The molecule has 4 rings (SSSR count). The highest BCUT2D eigenvalue weighted by atomic mass is 16.2. The van der Waals surface area contributed by atoms with Crippen LogP contribution >= 0.6 is 0 Å². The maximum absolute atomic E-state index is 13.1. The molecule has 6 heteroatoms. The van der Waals surface area contributed by atoms with Gasteiger partial charge in [0.15, 0.2) is 0 Å². The third kappa shape index (κ3) is 3.04. The predicted molar refractivity (Wildman–Crippen MR) is 94.0 cm³/mol. The van der Waals surface area contributed by atoms with Gasteiger partial charge < -0.3 is 10.2 Å². The van der Waals surface area contributed by atoms with Crippen LogP contribution in [0.15, 0.2) is 42.7 Å². The summed E-state index contributed by atoms with van der Waals surface area (Å²) >= 11 is 0. The second-order valence-corrected chi connectivity index (χ2v) is 6.92. The van der Waals surface area contributed by atoms with Crippen LogP contribution in [-0.2, 0) is 4.79 Å². The van der Waals surface area contributed by atoms with E-state index >= 15 is 0 Å². The zero-order valence-corrected chi connectivity index (χ0v) is 14.0. The van der Waals surface area contributed by atoms with Gasteiger partial charge in [0.2, 0.25) is 5.91 Å². The Labute approximate surface area is 146 Å². The third-order valence-corrected chi connectivity index (χ3v) is 5.41. The minimum atomic E-state index is -0.421. The van der Waals surface area contributed by atoms with Gasteiger partial charge in [-0.15, -0.1) is 0 Å². The van der Waals surface area contributed by atoms with E-state index in [2.05, 4.69) is 15.5 Å². The first kappa shape index (κ1) is 15.9. The molecule has 1 saturated carbocycles. The number of nitrogens with zero attached hydrogens (tertiary/aromatic N) is 2. The number of benzene rings is 1. The van der Waals surface area contributed by atoms with Crippen LogP contribution in [0, 0.1) is 5.92 Å². The smallest absolute Gasteiger partial charge is 0.254 e. The number of H-pyrrole nitrogens is 1. The van der Waals surface area contributed by atoms with Crippen LogP contribution in [0.2, 0.25) is 0 Å². The monoisotopic (exact) mass is 338 g/mol. The molecule has 2 N–H and O–H groups in total. The Hall–Kier alpha value is -2.63. The SMILES string of the molecule is O=C(Nc1cn[nH]c1)[C@@H]1C[C@@H]2CCCC[C@@H]2N1C(=O)c1ccccc1. The molecule has 0 unspecified atom stereocenters. The average molecular weight is 338 g/mol. The van der Waals surface area contributed by atoms with Gasteiger partial charge in [0.05, 0.1) is 11.9 Å². The highest BCUT2D eigenvalue weighted by Gasteiger charge is 2.47. The number of hydrogen-bond acceptors (Lipinski definition) is 3. The third-order valence-electron chi connectivity index (χ3n) is 5.41. The summed E-state index contributed by atoms with van der Waals surface area (Å²) in [4.78, 5) is 27.8. The van der Waals surface area contributed by atoms with Gasteiger partial charge in [-0.25, -0.2) is 0 Å². The summed E-state index contributed by atoms with van der Waals surface area (Å²) in [5.74, 6) is 0.254. The fourth-order valence-corrected chi connectivity index (χ4v) is 4.26. The minimum absolute atomic E-state index is 0.0395. The Morgan fingerprint density at radius 2 is 1.96 bits per heavy atom. The molecule has 1 aromatic carbocycles. The van der Waals surface area contributed by atoms with E-state index in [0.717, 1.165) is 25.7 Å². The number of aromatic amines is 1. The number of amides is 2. The summed E-state index contributed by atoms with van der Waals surface area (Å²) in [5, 5.41) is 9.43.